The molecule has 0 aliphatic carbocycles. The molecule has 1 aliphatic rings. The van der Waals surface area contributed by atoms with Crippen LogP contribution in [0.25, 0.3) is 0 Å². The lowest BCUT2D eigenvalue weighted by molar-refractivity contribution is -0.154. The molecule has 0 aromatic rings. The van der Waals surface area contributed by atoms with E-state index in [9.17, 15) is 0 Å². The van der Waals surface area contributed by atoms with E-state index in [4.69, 9.17) is 9.47 Å². The molecule has 0 radical (unpaired) electrons. The summed E-state index contributed by atoms with van der Waals surface area (Å²) in [5, 5.41) is 0. The Hall–Kier alpha value is -0.780. The van der Waals surface area contributed by atoms with Crippen molar-refractivity contribution in [3.8, 4) is 11.8 Å². The Morgan fingerprint density at radius 3 is 2.57 bits per heavy atom. The molecule has 0 aromatic carbocycles. The van der Waals surface area contributed by atoms with Crippen molar-refractivity contribution in [3.63, 3.8) is 0 Å². The van der Waals surface area contributed by atoms with E-state index in [0.717, 1.165) is 19.4 Å². The minimum absolute atomic E-state index is 0.00843. The van der Waals surface area contributed by atoms with Crippen molar-refractivity contribution in [3.05, 3.63) is 12.2 Å². The summed E-state index contributed by atoms with van der Waals surface area (Å²) in [4.78, 5) is 0. The summed E-state index contributed by atoms with van der Waals surface area (Å²) < 4.78 is 11.1. The molecule has 0 saturated carbocycles. The van der Waals surface area contributed by atoms with Gasteiger partial charge in [0, 0.05) is 13.0 Å². The summed E-state index contributed by atoms with van der Waals surface area (Å²) in [5.74, 6) is 6.28. The molecule has 1 unspecified atom stereocenters. The summed E-state index contributed by atoms with van der Waals surface area (Å²) in [6.45, 7) is 3.60. The fourth-order valence-electron chi connectivity index (χ4n) is 2.34. The van der Waals surface area contributed by atoms with E-state index < -0.39 is 0 Å². The maximum atomic E-state index is 5.57. The van der Waals surface area contributed by atoms with Gasteiger partial charge < -0.3 is 9.47 Å². The minimum Gasteiger partial charge on any atom is -0.353 e. The molecule has 1 atom stereocenters. The van der Waals surface area contributed by atoms with Crippen LogP contribution in [-0.4, -0.2) is 19.5 Å². The van der Waals surface area contributed by atoms with E-state index in [1.807, 2.05) is 0 Å². The Morgan fingerprint density at radius 1 is 1.05 bits per heavy atom. The molecule has 1 saturated heterocycles. The Morgan fingerprint density at radius 2 is 1.86 bits per heavy atom. The maximum absolute atomic E-state index is 5.57. The maximum Gasteiger partial charge on any atom is 0.158 e. The first-order chi connectivity index (χ1) is 10.4. The van der Waals surface area contributed by atoms with Crippen molar-refractivity contribution in [2.75, 3.05) is 13.2 Å². The highest BCUT2D eigenvalue weighted by Crippen LogP contribution is 2.13. The van der Waals surface area contributed by atoms with E-state index in [-0.39, 0.29) is 6.29 Å². The molecule has 0 bridgehead atoms. The quantitative estimate of drug-likeness (QED) is 0.312. The molecule has 1 heterocycles. The van der Waals surface area contributed by atoms with Gasteiger partial charge in [-0.15, -0.1) is 5.92 Å². The Bertz CT molecular complexity index is 305. The Labute approximate surface area is 131 Å². The summed E-state index contributed by atoms with van der Waals surface area (Å²) in [6, 6.07) is 0. The molecule has 1 aliphatic heterocycles. The second kappa shape index (κ2) is 14.2. The Kier molecular flexibility index (Phi) is 12.3. The lowest BCUT2D eigenvalue weighted by Crippen LogP contribution is -2.22. The van der Waals surface area contributed by atoms with Crippen molar-refractivity contribution in [1.82, 2.24) is 0 Å². The molecular formula is C19H32O2. The number of hydrogen-bond acceptors (Lipinski definition) is 2. The summed E-state index contributed by atoms with van der Waals surface area (Å²) >= 11 is 0. The summed E-state index contributed by atoms with van der Waals surface area (Å²) in [7, 11) is 0. The third-order valence-electron chi connectivity index (χ3n) is 3.67. The van der Waals surface area contributed by atoms with Gasteiger partial charge in [0.2, 0.25) is 0 Å². The Balaban J connectivity index is 1.84. The van der Waals surface area contributed by atoms with Gasteiger partial charge in [-0.25, -0.2) is 0 Å². The topological polar surface area (TPSA) is 18.5 Å². The van der Waals surface area contributed by atoms with Crippen molar-refractivity contribution in [2.45, 2.75) is 83.8 Å². The normalized spacial score (nSPS) is 18.6. The van der Waals surface area contributed by atoms with Gasteiger partial charge in [0.15, 0.2) is 6.29 Å². The van der Waals surface area contributed by atoms with Gasteiger partial charge in [-0.3, -0.25) is 0 Å². The van der Waals surface area contributed by atoms with Crippen LogP contribution in [0.3, 0.4) is 0 Å². The third-order valence-corrected chi connectivity index (χ3v) is 3.67. The average Bonchev–Trinajstić information content (AvgIpc) is 2.53. The first-order valence-corrected chi connectivity index (χ1v) is 8.77. The van der Waals surface area contributed by atoms with Gasteiger partial charge in [0.1, 0.15) is 6.61 Å². The molecule has 1 fully saturated rings. The second-order valence-corrected chi connectivity index (χ2v) is 5.67. The molecular weight excluding hydrogens is 260 g/mol. The third kappa shape index (κ3) is 11.5. The van der Waals surface area contributed by atoms with Crippen LogP contribution >= 0.6 is 0 Å². The molecule has 0 N–H and O–H groups in total. The highest BCUT2D eigenvalue weighted by Gasteiger charge is 2.12. The number of ether oxygens (including phenoxy) is 2. The van der Waals surface area contributed by atoms with Crippen LogP contribution in [-0.2, 0) is 9.47 Å². The molecule has 2 heteroatoms. The smallest absolute Gasteiger partial charge is 0.158 e. The molecule has 21 heavy (non-hydrogen) atoms. The molecule has 0 amide bonds. The monoisotopic (exact) mass is 292 g/mol. The van der Waals surface area contributed by atoms with Crippen LogP contribution in [0, 0.1) is 11.8 Å². The van der Waals surface area contributed by atoms with Crippen molar-refractivity contribution in [2.24, 2.45) is 0 Å². The predicted octanol–water partition coefficient (Wildman–Crippen LogP) is 5.23. The van der Waals surface area contributed by atoms with E-state index in [0.29, 0.717) is 6.61 Å². The van der Waals surface area contributed by atoms with Crippen LogP contribution in [0.4, 0.5) is 0 Å². The zero-order valence-corrected chi connectivity index (χ0v) is 13.7. The van der Waals surface area contributed by atoms with Gasteiger partial charge >= 0.3 is 0 Å². The van der Waals surface area contributed by atoms with Gasteiger partial charge in [-0.05, 0) is 51.4 Å². The van der Waals surface area contributed by atoms with Crippen LogP contribution in [0.1, 0.15) is 77.6 Å². The molecule has 0 spiro atoms. The average molecular weight is 292 g/mol. The number of unbranched alkanes of at least 4 members (excludes halogenated alkanes) is 6. The summed E-state index contributed by atoms with van der Waals surface area (Å²) in [5.41, 5.74) is 0. The second-order valence-electron chi connectivity index (χ2n) is 5.67. The van der Waals surface area contributed by atoms with E-state index >= 15 is 0 Å². The van der Waals surface area contributed by atoms with Crippen molar-refractivity contribution >= 4 is 0 Å². The van der Waals surface area contributed by atoms with Gasteiger partial charge in [0.25, 0.3) is 0 Å². The van der Waals surface area contributed by atoms with E-state index in [1.54, 1.807) is 0 Å². The standard InChI is InChI=1S/C19H32O2/c1-2-3-4-5-6-7-8-9-10-11-12-14-17-20-19-16-13-15-18-21-19/h6-7,19H,2-5,8-11,13,15-18H2,1H3/b7-6-. The first-order valence-electron chi connectivity index (χ1n) is 8.77. The largest absolute Gasteiger partial charge is 0.353 e. The highest BCUT2D eigenvalue weighted by atomic mass is 16.7. The minimum atomic E-state index is -0.00843. The number of rotatable bonds is 10. The van der Waals surface area contributed by atoms with Gasteiger partial charge in [0.05, 0.1) is 0 Å². The fraction of sp³-hybridized carbons (Fsp3) is 0.789. The number of hydrogen-bond donors (Lipinski definition) is 0. The van der Waals surface area contributed by atoms with Crippen LogP contribution in [0.5, 0.6) is 0 Å². The lowest BCUT2D eigenvalue weighted by Gasteiger charge is -2.21. The molecule has 0 aromatic heterocycles. The molecule has 120 valence electrons. The van der Waals surface area contributed by atoms with Crippen molar-refractivity contribution in [1.29, 1.82) is 0 Å². The molecule has 1 rings (SSSR count). The van der Waals surface area contributed by atoms with Crippen LogP contribution in [0.2, 0.25) is 0 Å². The van der Waals surface area contributed by atoms with Crippen LogP contribution in [0.15, 0.2) is 12.2 Å². The zero-order valence-electron chi connectivity index (χ0n) is 13.7. The zero-order chi connectivity index (χ0) is 15.0. The molecule has 2 nitrogen and oxygen atoms in total. The van der Waals surface area contributed by atoms with Crippen LogP contribution < -0.4 is 0 Å². The SMILES string of the molecule is CCCCC/C=C\CCCCC#CCOC1CCCCO1. The fourth-order valence-corrected chi connectivity index (χ4v) is 2.34. The predicted molar refractivity (Wildman–Crippen MR) is 89.1 cm³/mol. The van der Waals surface area contributed by atoms with E-state index in [1.165, 1.54) is 57.8 Å². The van der Waals surface area contributed by atoms with E-state index in [2.05, 4.69) is 30.9 Å². The van der Waals surface area contributed by atoms with Gasteiger partial charge in [-0.1, -0.05) is 37.8 Å². The summed E-state index contributed by atoms with van der Waals surface area (Å²) in [6.07, 6.45) is 17.9. The number of allylic oxidation sites excluding steroid dienone is 2. The highest BCUT2D eigenvalue weighted by molar-refractivity contribution is 4.99. The first kappa shape index (κ1) is 18.3. The lowest BCUT2D eigenvalue weighted by atomic mass is 10.1. The van der Waals surface area contributed by atoms with Crippen molar-refractivity contribution < 1.29 is 9.47 Å². The van der Waals surface area contributed by atoms with Gasteiger partial charge in [-0.2, -0.15) is 0 Å².